The lowest BCUT2D eigenvalue weighted by molar-refractivity contribution is 0.123. The summed E-state index contributed by atoms with van der Waals surface area (Å²) in [6, 6.07) is 8.40. The van der Waals surface area contributed by atoms with E-state index < -0.39 is 0 Å². The topological polar surface area (TPSA) is 28.1 Å². The number of hydrogen-bond donors (Lipinski definition) is 0. The molecule has 2 unspecified atom stereocenters. The number of rotatable bonds is 8. The number of aliphatic imine (C=N–C) groups is 1. The lowest BCUT2D eigenvalue weighted by atomic mass is 10.0. The van der Waals surface area contributed by atoms with Crippen LogP contribution in [-0.2, 0) is 0 Å². The van der Waals surface area contributed by atoms with Gasteiger partial charge in [-0.25, -0.2) is 0 Å². The molecule has 1 aliphatic heterocycles. The van der Waals surface area contributed by atoms with Gasteiger partial charge in [0.2, 0.25) is 0 Å². The fourth-order valence-corrected chi connectivity index (χ4v) is 3.13. The Hall–Kier alpha value is -1.55. The van der Waals surface area contributed by atoms with Gasteiger partial charge in [-0.05, 0) is 25.5 Å². The van der Waals surface area contributed by atoms with Gasteiger partial charge < -0.3 is 9.64 Å². The second kappa shape index (κ2) is 8.92. The molecule has 0 fully saturated rings. The van der Waals surface area contributed by atoms with Gasteiger partial charge in [-0.3, -0.25) is 9.89 Å². The number of ether oxygens (including phenoxy) is 1. The van der Waals surface area contributed by atoms with E-state index in [0.717, 1.165) is 19.0 Å². The molecule has 0 amide bonds. The van der Waals surface area contributed by atoms with Crippen LogP contribution >= 0.6 is 0 Å². The highest BCUT2D eigenvalue weighted by atomic mass is 16.5. The minimum atomic E-state index is 0.180. The van der Waals surface area contributed by atoms with Crippen molar-refractivity contribution >= 4 is 6.34 Å². The minimum absolute atomic E-state index is 0.180. The lowest BCUT2D eigenvalue weighted by Gasteiger charge is -2.37. The standard InChI is InChI=1S/C19H31N3O/c1-5-7-10-16(6-2)13-23-18-12-9-8-11-17(18)19-21(3)14-20-15-22(19)4/h8-9,11-12,14,16,19H,5-7,10,13,15H2,1-4H3. The zero-order chi connectivity index (χ0) is 16.7. The van der Waals surface area contributed by atoms with E-state index in [2.05, 4.69) is 67.0 Å². The Bertz CT molecular complexity index is 503. The Kier molecular flexibility index (Phi) is 6.90. The molecular weight excluding hydrogens is 286 g/mol. The second-order valence-corrected chi connectivity index (χ2v) is 6.50. The van der Waals surface area contributed by atoms with E-state index in [1.807, 2.05) is 6.34 Å². The minimum Gasteiger partial charge on any atom is -0.493 e. The maximum atomic E-state index is 6.24. The average molecular weight is 317 g/mol. The molecule has 0 aliphatic carbocycles. The molecule has 4 heteroatoms. The summed E-state index contributed by atoms with van der Waals surface area (Å²) in [5, 5.41) is 0. The van der Waals surface area contributed by atoms with E-state index in [0.29, 0.717) is 5.92 Å². The molecule has 2 rings (SSSR count). The third-order valence-electron chi connectivity index (χ3n) is 4.59. The molecule has 0 bridgehead atoms. The van der Waals surface area contributed by atoms with Gasteiger partial charge in [-0.2, -0.15) is 0 Å². The normalized spacial score (nSPS) is 19.8. The van der Waals surface area contributed by atoms with Crippen LogP contribution in [0.3, 0.4) is 0 Å². The van der Waals surface area contributed by atoms with Gasteiger partial charge in [0, 0.05) is 12.6 Å². The summed E-state index contributed by atoms with van der Waals surface area (Å²) in [7, 11) is 4.17. The number of benzene rings is 1. The molecule has 0 saturated carbocycles. The van der Waals surface area contributed by atoms with Crippen LogP contribution in [0.5, 0.6) is 5.75 Å². The van der Waals surface area contributed by atoms with E-state index in [9.17, 15) is 0 Å². The van der Waals surface area contributed by atoms with Gasteiger partial charge in [0.05, 0.1) is 19.6 Å². The molecule has 128 valence electrons. The van der Waals surface area contributed by atoms with Crippen molar-refractivity contribution < 1.29 is 4.74 Å². The molecular formula is C19H31N3O. The highest BCUT2D eigenvalue weighted by molar-refractivity contribution is 5.57. The second-order valence-electron chi connectivity index (χ2n) is 6.50. The van der Waals surface area contributed by atoms with Crippen LogP contribution in [0.2, 0.25) is 0 Å². The van der Waals surface area contributed by atoms with Crippen LogP contribution in [0.15, 0.2) is 29.3 Å². The first-order chi connectivity index (χ1) is 11.2. The van der Waals surface area contributed by atoms with E-state index in [-0.39, 0.29) is 6.17 Å². The predicted octanol–water partition coefficient (Wildman–Crippen LogP) is 4.14. The van der Waals surface area contributed by atoms with E-state index in [1.54, 1.807) is 0 Å². The van der Waals surface area contributed by atoms with E-state index >= 15 is 0 Å². The van der Waals surface area contributed by atoms with Gasteiger partial charge in [0.25, 0.3) is 0 Å². The van der Waals surface area contributed by atoms with Gasteiger partial charge in [-0.1, -0.05) is 51.3 Å². The first-order valence-corrected chi connectivity index (χ1v) is 8.81. The maximum Gasteiger partial charge on any atom is 0.125 e. The van der Waals surface area contributed by atoms with Crippen molar-refractivity contribution in [2.24, 2.45) is 10.9 Å². The van der Waals surface area contributed by atoms with Crippen molar-refractivity contribution in [2.75, 3.05) is 27.4 Å². The summed E-state index contributed by atoms with van der Waals surface area (Å²) in [5.74, 6) is 1.65. The average Bonchev–Trinajstić information content (AvgIpc) is 2.56. The molecule has 0 spiro atoms. The molecule has 4 nitrogen and oxygen atoms in total. The molecule has 0 N–H and O–H groups in total. The van der Waals surface area contributed by atoms with Crippen molar-refractivity contribution in [3.8, 4) is 5.75 Å². The Balaban J connectivity index is 2.09. The van der Waals surface area contributed by atoms with Crippen molar-refractivity contribution in [1.29, 1.82) is 0 Å². The summed E-state index contributed by atoms with van der Waals surface area (Å²) in [4.78, 5) is 8.72. The molecule has 0 aromatic heterocycles. The summed E-state index contributed by atoms with van der Waals surface area (Å²) >= 11 is 0. The molecule has 0 radical (unpaired) electrons. The highest BCUT2D eigenvalue weighted by Gasteiger charge is 2.25. The summed E-state index contributed by atoms with van der Waals surface area (Å²) in [5.41, 5.74) is 1.22. The van der Waals surface area contributed by atoms with Crippen molar-refractivity contribution in [3.05, 3.63) is 29.8 Å². The van der Waals surface area contributed by atoms with E-state index in [4.69, 9.17) is 4.74 Å². The maximum absolute atomic E-state index is 6.24. The lowest BCUT2D eigenvalue weighted by Crippen LogP contribution is -2.40. The van der Waals surface area contributed by atoms with Crippen LogP contribution in [0, 0.1) is 5.92 Å². The number of nitrogens with zero attached hydrogens (tertiary/aromatic N) is 3. The van der Waals surface area contributed by atoms with Crippen LogP contribution in [0.4, 0.5) is 0 Å². The fourth-order valence-electron chi connectivity index (χ4n) is 3.13. The molecule has 2 atom stereocenters. The number of para-hydroxylation sites is 1. The molecule has 0 saturated heterocycles. The SMILES string of the molecule is CCCCC(CC)COc1ccccc1C1N(C)C=NCN1C. The zero-order valence-corrected chi connectivity index (χ0v) is 15.0. The molecule has 1 aliphatic rings. The van der Waals surface area contributed by atoms with Gasteiger partial charge >= 0.3 is 0 Å². The third-order valence-corrected chi connectivity index (χ3v) is 4.59. The summed E-state index contributed by atoms with van der Waals surface area (Å²) in [6.07, 6.45) is 7.07. The number of hydrogen-bond acceptors (Lipinski definition) is 4. The quantitative estimate of drug-likeness (QED) is 0.721. The number of unbranched alkanes of at least 4 members (excludes halogenated alkanes) is 1. The van der Waals surface area contributed by atoms with Crippen LogP contribution in [0.25, 0.3) is 0 Å². The fraction of sp³-hybridized carbons (Fsp3) is 0.632. The Labute approximate surface area is 141 Å². The Morgan fingerprint density at radius 1 is 1.26 bits per heavy atom. The Morgan fingerprint density at radius 3 is 2.74 bits per heavy atom. The first-order valence-electron chi connectivity index (χ1n) is 8.81. The molecule has 23 heavy (non-hydrogen) atoms. The van der Waals surface area contributed by atoms with E-state index in [1.165, 1.54) is 31.2 Å². The highest BCUT2D eigenvalue weighted by Crippen LogP contribution is 2.32. The van der Waals surface area contributed by atoms with Gasteiger partial charge in [0.15, 0.2) is 0 Å². The summed E-state index contributed by atoms with van der Waals surface area (Å²) in [6.45, 7) is 6.03. The van der Waals surface area contributed by atoms with Gasteiger partial charge in [0.1, 0.15) is 11.9 Å². The smallest absolute Gasteiger partial charge is 0.125 e. The molecule has 1 aromatic rings. The monoisotopic (exact) mass is 317 g/mol. The first kappa shape index (κ1) is 17.8. The van der Waals surface area contributed by atoms with Crippen molar-refractivity contribution in [3.63, 3.8) is 0 Å². The van der Waals surface area contributed by atoms with Gasteiger partial charge in [-0.15, -0.1) is 0 Å². The zero-order valence-electron chi connectivity index (χ0n) is 15.0. The van der Waals surface area contributed by atoms with Crippen LogP contribution in [-0.4, -0.2) is 43.5 Å². The molecule has 1 aromatic carbocycles. The summed E-state index contributed by atoms with van der Waals surface area (Å²) < 4.78 is 6.24. The largest absolute Gasteiger partial charge is 0.493 e. The van der Waals surface area contributed by atoms with Crippen molar-refractivity contribution in [2.45, 2.75) is 45.7 Å². The van der Waals surface area contributed by atoms with Crippen LogP contribution < -0.4 is 4.74 Å². The van der Waals surface area contributed by atoms with Crippen molar-refractivity contribution in [1.82, 2.24) is 9.80 Å². The third kappa shape index (κ3) is 4.71. The van der Waals surface area contributed by atoms with Crippen LogP contribution in [0.1, 0.15) is 51.3 Å². The predicted molar refractivity (Wildman–Crippen MR) is 96.9 cm³/mol. The molecule has 1 heterocycles. The Morgan fingerprint density at radius 2 is 2.04 bits per heavy atom.